The van der Waals surface area contributed by atoms with Gasteiger partial charge in [0.1, 0.15) is 11.6 Å². The molecule has 0 aliphatic carbocycles. The molecule has 0 fully saturated rings. The van der Waals surface area contributed by atoms with E-state index in [4.69, 9.17) is 42.8 Å². The van der Waals surface area contributed by atoms with Gasteiger partial charge in [-0.15, -0.1) is 0 Å². The molecule has 5 rings (SSSR count). The van der Waals surface area contributed by atoms with E-state index >= 15 is 0 Å². The van der Waals surface area contributed by atoms with Crippen LogP contribution in [0.1, 0.15) is 41.2 Å². The van der Waals surface area contributed by atoms with Gasteiger partial charge in [0.2, 0.25) is 5.90 Å². The number of rotatable bonds is 13. The molecule has 0 bridgehead atoms. The Bertz CT molecular complexity index is 1670. The molecule has 2 atom stereocenters. The van der Waals surface area contributed by atoms with E-state index in [0.717, 1.165) is 5.56 Å². The third-order valence-electron chi connectivity index (χ3n) is 7.20. The zero-order valence-corrected chi connectivity index (χ0v) is 25.8. The van der Waals surface area contributed by atoms with Crippen molar-refractivity contribution in [3.63, 3.8) is 0 Å². The summed E-state index contributed by atoms with van der Waals surface area (Å²) in [6.07, 6.45) is 3.55. The number of nitrogens with zero attached hydrogens (tertiary/aromatic N) is 1. The second kappa shape index (κ2) is 15.2. The maximum atomic E-state index is 14.2. The summed E-state index contributed by atoms with van der Waals surface area (Å²) in [5.41, 5.74) is 6.98. The van der Waals surface area contributed by atoms with E-state index in [1.165, 1.54) is 12.1 Å². The van der Waals surface area contributed by atoms with Crippen molar-refractivity contribution in [1.29, 1.82) is 0 Å². The predicted molar refractivity (Wildman–Crippen MR) is 175 cm³/mol. The topological polar surface area (TPSA) is 92.2 Å². The van der Waals surface area contributed by atoms with Crippen LogP contribution in [-0.2, 0) is 16.1 Å². The number of benzene rings is 4. The van der Waals surface area contributed by atoms with Gasteiger partial charge < -0.3 is 14.6 Å². The average molecular weight is 649 g/mol. The number of ether oxygens (including phenoxy) is 2. The van der Waals surface area contributed by atoms with Crippen molar-refractivity contribution in [2.24, 2.45) is 4.99 Å². The highest BCUT2D eigenvalue weighted by molar-refractivity contribution is 6.35. The highest BCUT2D eigenvalue weighted by Crippen LogP contribution is 2.45. The first-order valence-electron chi connectivity index (χ1n) is 14.4. The first-order valence-corrected chi connectivity index (χ1v) is 15.2. The van der Waals surface area contributed by atoms with Gasteiger partial charge in [0.25, 0.3) is 5.91 Å². The molecule has 1 aliphatic heterocycles. The maximum absolute atomic E-state index is 14.2. The van der Waals surface area contributed by atoms with Crippen LogP contribution in [0.3, 0.4) is 0 Å². The minimum absolute atomic E-state index is 0.0390. The number of aliphatic hydroxyl groups is 1. The van der Waals surface area contributed by atoms with Crippen molar-refractivity contribution in [3.8, 4) is 5.75 Å². The molecule has 0 aromatic heterocycles. The molecular formula is C35H32Cl2FN3O4. The van der Waals surface area contributed by atoms with Gasteiger partial charge in [-0.3, -0.25) is 10.2 Å². The number of carbonyl (C=O) groups excluding carboxylic acids is 1. The molecule has 0 saturated heterocycles. The molecular weight excluding hydrogens is 616 g/mol. The monoisotopic (exact) mass is 647 g/mol. The summed E-state index contributed by atoms with van der Waals surface area (Å²) in [7, 11) is 0. The Morgan fingerprint density at radius 1 is 1.02 bits per heavy atom. The fraction of sp³-hybridized carbons (Fsp3) is 0.200. The molecule has 1 aliphatic rings. The summed E-state index contributed by atoms with van der Waals surface area (Å²) in [6, 6.07) is 28.0. The van der Waals surface area contributed by atoms with E-state index in [1.54, 1.807) is 54.6 Å². The fourth-order valence-electron chi connectivity index (χ4n) is 4.93. The number of nitrogens with one attached hydrogen (secondary N) is 2. The van der Waals surface area contributed by atoms with Crippen molar-refractivity contribution >= 4 is 41.1 Å². The smallest absolute Gasteiger partial charge is 0.266 e. The first-order chi connectivity index (χ1) is 21.9. The van der Waals surface area contributed by atoms with E-state index in [0.29, 0.717) is 45.5 Å². The van der Waals surface area contributed by atoms with E-state index in [-0.39, 0.29) is 31.3 Å². The lowest BCUT2D eigenvalue weighted by Crippen LogP contribution is -2.52. The van der Waals surface area contributed by atoms with Gasteiger partial charge in [-0.25, -0.2) is 14.8 Å². The highest BCUT2D eigenvalue weighted by atomic mass is 35.5. The van der Waals surface area contributed by atoms with Crippen LogP contribution in [0, 0.1) is 5.82 Å². The Morgan fingerprint density at radius 2 is 1.82 bits per heavy atom. The van der Waals surface area contributed by atoms with Gasteiger partial charge in [0, 0.05) is 47.2 Å². The Balaban J connectivity index is 1.51. The van der Waals surface area contributed by atoms with Crippen molar-refractivity contribution in [2.45, 2.75) is 31.0 Å². The molecule has 45 heavy (non-hydrogen) atoms. The minimum atomic E-state index is -1.50. The Labute approximate surface area is 271 Å². The number of aliphatic imine (C=N–C) groups is 1. The van der Waals surface area contributed by atoms with E-state index in [9.17, 15) is 9.18 Å². The number of amides is 1. The second-order valence-electron chi connectivity index (χ2n) is 10.4. The largest absolute Gasteiger partial charge is 0.494 e. The molecule has 0 saturated carbocycles. The Hall–Kier alpha value is -4.21. The minimum Gasteiger partial charge on any atom is -0.494 e. The lowest BCUT2D eigenvalue weighted by molar-refractivity contribution is -0.129. The third-order valence-corrected chi connectivity index (χ3v) is 7.76. The van der Waals surface area contributed by atoms with E-state index in [2.05, 4.69) is 10.9 Å². The van der Waals surface area contributed by atoms with Crippen LogP contribution >= 0.6 is 23.2 Å². The van der Waals surface area contributed by atoms with Crippen LogP contribution in [0.25, 0.3) is 6.08 Å². The molecule has 4 aromatic rings. The summed E-state index contributed by atoms with van der Waals surface area (Å²) in [5, 5.41) is 9.81. The van der Waals surface area contributed by atoms with Crippen molar-refractivity contribution in [2.75, 3.05) is 13.2 Å². The molecule has 0 unspecified atom stereocenters. The van der Waals surface area contributed by atoms with Gasteiger partial charge in [-0.05, 0) is 59.7 Å². The van der Waals surface area contributed by atoms with Crippen LogP contribution in [0.5, 0.6) is 5.75 Å². The number of halogens is 3. The Kier molecular flexibility index (Phi) is 10.9. The van der Waals surface area contributed by atoms with Gasteiger partial charge in [0.15, 0.2) is 11.6 Å². The van der Waals surface area contributed by atoms with Gasteiger partial charge >= 0.3 is 0 Å². The van der Waals surface area contributed by atoms with E-state index in [1.807, 2.05) is 42.5 Å². The lowest BCUT2D eigenvalue weighted by Gasteiger charge is -2.30. The molecule has 4 aromatic carbocycles. The van der Waals surface area contributed by atoms with Crippen molar-refractivity contribution in [3.05, 3.63) is 141 Å². The van der Waals surface area contributed by atoms with Crippen LogP contribution in [0.4, 0.5) is 4.39 Å². The molecule has 10 heteroatoms. The summed E-state index contributed by atoms with van der Waals surface area (Å²) >= 11 is 12.9. The van der Waals surface area contributed by atoms with Gasteiger partial charge in [-0.1, -0.05) is 83.9 Å². The predicted octanol–water partition coefficient (Wildman–Crippen LogP) is 7.08. The number of carbonyl (C=O) groups is 1. The van der Waals surface area contributed by atoms with Crippen LogP contribution in [-0.4, -0.2) is 35.7 Å². The SMILES string of the molecule is O=C(NNCc1cccc(F)c1)[C@@]1(C/C=C/c2ccccc2)N=C(c2ccc(OCCCO)cc2)O[C@H]1c1ccc(Cl)cc1Cl. The average Bonchev–Trinajstić information content (AvgIpc) is 3.42. The Morgan fingerprint density at radius 3 is 2.56 bits per heavy atom. The van der Waals surface area contributed by atoms with Crippen molar-refractivity contribution < 1.29 is 23.8 Å². The quantitative estimate of drug-likeness (QED) is 0.107. The lowest BCUT2D eigenvalue weighted by atomic mass is 9.84. The van der Waals surface area contributed by atoms with Crippen LogP contribution in [0.15, 0.2) is 108 Å². The van der Waals surface area contributed by atoms with Gasteiger partial charge in [0.05, 0.1) is 6.61 Å². The van der Waals surface area contributed by atoms with Crippen molar-refractivity contribution in [1.82, 2.24) is 10.9 Å². The molecule has 1 heterocycles. The number of hydrazine groups is 1. The summed E-state index contributed by atoms with van der Waals surface area (Å²) in [6.45, 7) is 0.600. The number of aliphatic hydroxyl groups excluding tert-OH is 1. The van der Waals surface area contributed by atoms with E-state index < -0.39 is 17.6 Å². The second-order valence-corrected chi connectivity index (χ2v) is 11.3. The summed E-state index contributed by atoms with van der Waals surface area (Å²) in [5.74, 6) is 0.0381. The molecule has 1 amide bonds. The highest BCUT2D eigenvalue weighted by Gasteiger charge is 2.53. The molecule has 0 spiro atoms. The third kappa shape index (κ3) is 8.09. The number of hydrogen-bond donors (Lipinski definition) is 3. The van der Waals surface area contributed by atoms with Gasteiger partial charge in [-0.2, -0.15) is 0 Å². The normalized spacial score (nSPS) is 17.6. The van der Waals surface area contributed by atoms with Crippen LogP contribution < -0.4 is 15.6 Å². The zero-order valence-electron chi connectivity index (χ0n) is 24.3. The number of hydrogen-bond acceptors (Lipinski definition) is 6. The first kappa shape index (κ1) is 32.2. The maximum Gasteiger partial charge on any atom is 0.266 e. The summed E-state index contributed by atoms with van der Waals surface area (Å²) < 4.78 is 25.9. The molecule has 232 valence electrons. The molecule has 0 radical (unpaired) electrons. The summed E-state index contributed by atoms with van der Waals surface area (Å²) in [4.78, 5) is 19.2. The molecule has 7 nitrogen and oxygen atoms in total. The van der Waals surface area contributed by atoms with Crippen LogP contribution in [0.2, 0.25) is 10.0 Å². The fourth-order valence-corrected chi connectivity index (χ4v) is 5.43. The molecule has 3 N–H and O–H groups in total. The standard InChI is InChI=1S/C35H32Cl2FN3O4/c36-27-14-17-30(31(37)22-27)32-35(18-5-10-24-7-2-1-3-8-24,34(43)41-39-23-25-9-4-11-28(38)21-25)40-33(45-32)26-12-15-29(16-13-26)44-20-6-19-42/h1-5,7-17,21-22,32,39,42H,6,18-20,23H2,(H,41,43)/b10-5+/t32-,35-/m0/s1. The zero-order chi connectivity index (χ0) is 31.6.